The van der Waals surface area contributed by atoms with Crippen molar-refractivity contribution in [3.05, 3.63) is 59.7 Å². The van der Waals surface area contributed by atoms with Crippen LogP contribution in [0.4, 0.5) is 0 Å². The molecule has 0 unspecified atom stereocenters. The molecule has 17 nitrogen and oxygen atoms in total. The first-order valence-electron chi connectivity index (χ1n) is 16.9. The van der Waals surface area contributed by atoms with Crippen LogP contribution < -0.4 is 49.5 Å². The number of carbonyl (C=O) groups excluding carboxylic acids is 5. The van der Waals surface area contributed by atoms with E-state index in [1.807, 2.05) is 12.1 Å². The quantitative estimate of drug-likeness (QED) is 0.0351. The van der Waals surface area contributed by atoms with Crippen LogP contribution in [0.25, 0.3) is 11.1 Å². The fourth-order valence-corrected chi connectivity index (χ4v) is 4.86. The number of hydrogen-bond donors (Lipinski definition) is 12. The molecule has 0 fully saturated rings. The second kappa shape index (κ2) is 21.7. The Labute approximate surface area is 297 Å². The highest BCUT2D eigenvalue weighted by Crippen LogP contribution is 2.21. The van der Waals surface area contributed by atoms with E-state index in [1.165, 1.54) is 12.5 Å². The molecule has 2 aromatic rings. The van der Waals surface area contributed by atoms with Crippen molar-refractivity contribution in [2.24, 2.45) is 22.9 Å². The first-order chi connectivity index (χ1) is 24.2. The molecule has 0 aliphatic carbocycles. The molecule has 0 aliphatic rings. The van der Waals surface area contributed by atoms with E-state index in [1.54, 1.807) is 24.3 Å². The summed E-state index contributed by atoms with van der Waals surface area (Å²) in [5, 5.41) is 40.1. The lowest BCUT2D eigenvalue weighted by atomic mass is 9.86. The lowest BCUT2D eigenvalue weighted by Gasteiger charge is -2.26. The van der Waals surface area contributed by atoms with Crippen molar-refractivity contribution < 1.29 is 39.1 Å². The molecule has 51 heavy (non-hydrogen) atoms. The van der Waals surface area contributed by atoms with Crippen LogP contribution >= 0.6 is 0 Å². The smallest absolute Gasteiger partial charge is 0.425 e. The molecular formula is C33H52BN9O8. The number of nitrogens with two attached hydrogens (primary N) is 4. The number of rotatable bonds is 21. The Morgan fingerprint density at radius 2 is 1.31 bits per heavy atom. The molecule has 2 aromatic carbocycles. The van der Waals surface area contributed by atoms with Crippen molar-refractivity contribution in [2.75, 3.05) is 13.1 Å². The largest absolute Gasteiger partial charge is 0.490 e. The minimum atomic E-state index is -2.06. The summed E-state index contributed by atoms with van der Waals surface area (Å²) in [5.41, 5.74) is 26.0. The average Bonchev–Trinajstić information content (AvgIpc) is 3.11. The lowest BCUT2D eigenvalue weighted by molar-refractivity contribution is -0.135. The standard InChI is InChI=1S/C33H52BN9O8/c1-3-4-7-20-9-11-21(12-10-20)22-13-15-23(16-14-22)28(45)40-25(18-36)30(47)41-26(19(2)44)31(48)42-27(37)32(49)39-24(8-5-6-17-35)29(46)43-33(38)34(50)51/h9-16,19,24-27,33,44,50-51H,3-8,17-18,35-38H2,1-2H3,(H,39,49)(H,40,45)(H,41,47)(H,42,48)(H,43,46)/t19-,24+,25+,26+,27-,33-/m1/s1. The summed E-state index contributed by atoms with van der Waals surface area (Å²) in [4.78, 5) is 64.5. The van der Waals surface area contributed by atoms with E-state index >= 15 is 0 Å². The molecule has 280 valence electrons. The molecule has 0 bridgehead atoms. The van der Waals surface area contributed by atoms with E-state index in [0.717, 1.165) is 30.4 Å². The SMILES string of the molecule is CCCCc1ccc(-c2ccc(C(=O)N[C@@H](CN)C(=O)N[C@H](C(=O)N[C@@H](N)C(=O)N[C@@H](CCCCN)C(=O)N[C@@H](N)B(O)O)[C@@H](C)O)cc2)cc1. The Bertz CT molecular complexity index is 1430. The Morgan fingerprint density at radius 1 is 0.725 bits per heavy atom. The molecule has 16 N–H and O–H groups in total. The summed E-state index contributed by atoms with van der Waals surface area (Å²) in [7, 11) is -2.06. The van der Waals surface area contributed by atoms with Crippen molar-refractivity contribution in [1.29, 1.82) is 0 Å². The van der Waals surface area contributed by atoms with Gasteiger partial charge in [0.15, 0.2) is 6.17 Å². The normalized spacial score (nSPS) is 14.5. The van der Waals surface area contributed by atoms with E-state index in [4.69, 9.17) is 22.9 Å². The molecule has 0 radical (unpaired) electrons. The fraction of sp³-hybridized carbons (Fsp3) is 0.485. The molecule has 6 atom stereocenters. The van der Waals surface area contributed by atoms with Crippen molar-refractivity contribution in [1.82, 2.24) is 26.6 Å². The first kappa shape index (κ1) is 42.7. The zero-order chi connectivity index (χ0) is 38.1. The van der Waals surface area contributed by atoms with E-state index < -0.39 is 73.1 Å². The van der Waals surface area contributed by atoms with Gasteiger partial charge in [0.05, 0.1) is 6.10 Å². The third-order valence-corrected chi connectivity index (χ3v) is 7.96. The predicted octanol–water partition coefficient (Wildman–Crippen LogP) is -2.95. The van der Waals surface area contributed by atoms with Crippen LogP contribution in [0, 0.1) is 0 Å². The summed E-state index contributed by atoms with van der Waals surface area (Å²) >= 11 is 0. The molecule has 0 spiro atoms. The first-order valence-corrected chi connectivity index (χ1v) is 16.9. The van der Waals surface area contributed by atoms with Gasteiger partial charge in [-0.2, -0.15) is 0 Å². The van der Waals surface area contributed by atoms with Crippen molar-refractivity contribution in [3.63, 3.8) is 0 Å². The van der Waals surface area contributed by atoms with Gasteiger partial charge in [-0.1, -0.05) is 49.7 Å². The Morgan fingerprint density at radius 3 is 1.84 bits per heavy atom. The number of unbranched alkanes of at least 4 members (excludes halogenated alkanes) is 2. The van der Waals surface area contributed by atoms with E-state index in [0.29, 0.717) is 19.4 Å². The number of nitrogens with one attached hydrogen (secondary N) is 5. The van der Waals surface area contributed by atoms with E-state index in [-0.39, 0.29) is 18.5 Å². The molecule has 0 heterocycles. The Hall–Kier alpha value is -4.43. The van der Waals surface area contributed by atoms with Crippen LogP contribution in [-0.2, 0) is 25.6 Å². The van der Waals surface area contributed by atoms with Gasteiger partial charge in [0.2, 0.25) is 17.7 Å². The molecule has 18 heteroatoms. The minimum absolute atomic E-state index is 0.0827. The van der Waals surface area contributed by atoms with Gasteiger partial charge in [-0.3, -0.25) is 24.0 Å². The van der Waals surface area contributed by atoms with Crippen LogP contribution in [0.5, 0.6) is 0 Å². The maximum Gasteiger partial charge on any atom is 0.490 e. The van der Waals surface area contributed by atoms with Gasteiger partial charge < -0.3 is 64.7 Å². The van der Waals surface area contributed by atoms with Gasteiger partial charge >= 0.3 is 7.12 Å². The predicted molar refractivity (Wildman–Crippen MR) is 192 cm³/mol. The van der Waals surface area contributed by atoms with Crippen LogP contribution in [0.3, 0.4) is 0 Å². The molecule has 0 saturated carbocycles. The van der Waals surface area contributed by atoms with Gasteiger partial charge in [-0.15, -0.1) is 0 Å². The summed E-state index contributed by atoms with van der Waals surface area (Å²) in [6.07, 6.45) is 1.01. The highest BCUT2D eigenvalue weighted by atomic mass is 16.4. The molecule has 0 aliphatic heterocycles. The number of amides is 5. The number of aliphatic hydroxyl groups excluding tert-OH is 1. The monoisotopic (exact) mass is 713 g/mol. The highest BCUT2D eigenvalue weighted by Gasteiger charge is 2.33. The summed E-state index contributed by atoms with van der Waals surface area (Å²) in [6.45, 7) is 3.32. The van der Waals surface area contributed by atoms with E-state index in [2.05, 4.69) is 45.6 Å². The van der Waals surface area contributed by atoms with Gasteiger partial charge in [0.1, 0.15) is 24.2 Å². The van der Waals surface area contributed by atoms with E-state index in [9.17, 15) is 39.1 Å². The van der Waals surface area contributed by atoms with Crippen LogP contribution in [0.15, 0.2) is 48.5 Å². The van der Waals surface area contributed by atoms with Crippen molar-refractivity contribution in [3.8, 4) is 11.1 Å². The van der Waals surface area contributed by atoms with Gasteiger partial charge in [-0.25, -0.2) is 0 Å². The number of aryl methyl sites for hydroxylation is 1. The number of hydrogen-bond acceptors (Lipinski definition) is 12. The molecule has 0 saturated heterocycles. The Balaban J connectivity index is 2.02. The number of carbonyl (C=O) groups is 5. The molecular weight excluding hydrogens is 661 g/mol. The fourth-order valence-electron chi connectivity index (χ4n) is 4.86. The zero-order valence-corrected chi connectivity index (χ0v) is 29.0. The second-order valence-corrected chi connectivity index (χ2v) is 12.1. The van der Waals surface area contributed by atoms with Crippen molar-refractivity contribution in [2.45, 2.75) is 88.8 Å². The topological polar surface area (TPSA) is 310 Å². The van der Waals surface area contributed by atoms with Crippen LogP contribution in [0.1, 0.15) is 61.9 Å². The van der Waals surface area contributed by atoms with Crippen LogP contribution in [0.2, 0.25) is 0 Å². The van der Waals surface area contributed by atoms with Gasteiger partial charge in [-0.05, 0) is 74.4 Å². The molecule has 2 rings (SSSR count). The molecule has 0 aromatic heterocycles. The zero-order valence-electron chi connectivity index (χ0n) is 29.0. The third-order valence-electron chi connectivity index (χ3n) is 7.96. The number of aliphatic hydroxyl groups is 1. The third kappa shape index (κ3) is 14.0. The highest BCUT2D eigenvalue weighted by molar-refractivity contribution is 6.43. The lowest BCUT2D eigenvalue weighted by Crippen LogP contribution is -2.63. The maximum atomic E-state index is 13.1. The summed E-state index contributed by atoms with van der Waals surface area (Å²) in [6, 6.07) is 9.29. The minimum Gasteiger partial charge on any atom is -0.425 e. The summed E-state index contributed by atoms with van der Waals surface area (Å²) in [5.74, 6) is -4.38. The van der Waals surface area contributed by atoms with Gasteiger partial charge in [0.25, 0.3) is 11.8 Å². The number of benzene rings is 2. The second-order valence-electron chi connectivity index (χ2n) is 12.1. The van der Waals surface area contributed by atoms with Crippen molar-refractivity contribution >= 4 is 36.7 Å². The molecule has 5 amide bonds. The average molecular weight is 714 g/mol. The van der Waals surface area contributed by atoms with Crippen LogP contribution in [-0.4, -0.2) is 101 Å². The summed E-state index contributed by atoms with van der Waals surface area (Å²) < 4.78 is 0. The Kier molecular flexibility index (Phi) is 18.2. The van der Waals surface area contributed by atoms with Gasteiger partial charge in [0, 0.05) is 12.1 Å². The maximum absolute atomic E-state index is 13.1.